The second kappa shape index (κ2) is 9.65. The largest absolute Gasteiger partial charge is 0.418 e. The SMILES string of the molecule is Cc1nc2c(cnn2C(C)C)cc1C(=O)N1CCN(CC(=O)Nc2ccccc2C(F)(F)F)CC1. The molecule has 1 N–H and O–H groups in total. The molecule has 1 aliphatic rings. The quantitative estimate of drug-likeness (QED) is 0.592. The number of hydrogen-bond acceptors (Lipinski definition) is 5. The lowest BCUT2D eigenvalue weighted by Gasteiger charge is -2.34. The molecule has 2 aromatic heterocycles. The van der Waals surface area contributed by atoms with E-state index in [0.29, 0.717) is 37.4 Å². The molecule has 0 aliphatic carbocycles. The maximum absolute atomic E-state index is 13.2. The first-order valence-electron chi connectivity index (χ1n) is 11.4. The van der Waals surface area contributed by atoms with Gasteiger partial charge in [-0.2, -0.15) is 18.3 Å². The van der Waals surface area contributed by atoms with Gasteiger partial charge in [0.25, 0.3) is 5.91 Å². The molecular formula is C24H27F3N6O2. The number of anilines is 1. The number of nitrogens with one attached hydrogen (secondary N) is 1. The number of amides is 2. The third-order valence-electron chi connectivity index (χ3n) is 6.01. The molecule has 3 heterocycles. The molecule has 0 bridgehead atoms. The number of carbonyl (C=O) groups excluding carboxylic acids is 2. The Bertz CT molecular complexity index is 1250. The van der Waals surface area contributed by atoms with Gasteiger partial charge in [-0.25, -0.2) is 9.67 Å². The van der Waals surface area contributed by atoms with Gasteiger partial charge in [0.2, 0.25) is 5.91 Å². The number of aryl methyl sites for hydroxylation is 1. The summed E-state index contributed by atoms with van der Waals surface area (Å²) < 4.78 is 41.3. The summed E-state index contributed by atoms with van der Waals surface area (Å²) in [4.78, 5) is 33.7. The molecule has 3 aromatic rings. The van der Waals surface area contributed by atoms with Crippen molar-refractivity contribution in [3.8, 4) is 0 Å². The van der Waals surface area contributed by atoms with Gasteiger partial charge in [0.15, 0.2) is 5.65 Å². The Hall–Kier alpha value is -3.47. The lowest BCUT2D eigenvalue weighted by atomic mass is 10.1. The van der Waals surface area contributed by atoms with Crippen LogP contribution in [-0.2, 0) is 11.0 Å². The lowest BCUT2D eigenvalue weighted by Crippen LogP contribution is -2.50. The van der Waals surface area contributed by atoms with Gasteiger partial charge >= 0.3 is 6.18 Å². The van der Waals surface area contributed by atoms with Gasteiger partial charge in [0.05, 0.1) is 35.2 Å². The molecule has 8 nitrogen and oxygen atoms in total. The molecule has 0 saturated carbocycles. The van der Waals surface area contributed by atoms with Gasteiger partial charge in [-0.3, -0.25) is 14.5 Å². The summed E-state index contributed by atoms with van der Waals surface area (Å²) >= 11 is 0. The van der Waals surface area contributed by atoms with Crippen molar-refractivity contribution in [2.24, 2.45) is 0 Å². The Morgan fingerprint density at radius 2 is 1.80 bits per heavy atom. The molecule has 0 atom stereocenters. The minimum absolute atomic E-state index is 0.0604. The van der Waals surface area contributed by atoms with Gasteiger partial charge in [0, 0.05) is 37.6 Å². The highest BCUT2D eigenvalue weighted by atomic mass is 19.4. The third-order valence-corrected chi connectivity index (χ3v) is 6.01. The van der Waals surface area contributed by atoms with Crippen molar-refractivity contribution in [1.82, 2.24) is 24.6 Å². The zero-order valence-electron chi connectivity index (χ0n) is 19.8. The summed E-state index contributed by atoms with van der Waals surface area (Å²) in [5.41, 5.74) is 0.712. The van der Waals surface area contributed by atoms with Crippen LogP contribution >= 0.6 is 0 Å². The van der Waals surface area contributed by atoms with E-state index >= 15 is 0 Å². The Kier molecular flexibility index (Phi) is 6.79. The van der Waals surface area contributed by atoms with Crippen molar-refractivity contribution in [3.63, 3.8) is 0 Å². The molecule has 2 amide bonds. The Labute approximate surface area is 200 Å². The van der Waals surface area contributed by atoms with E-state index in [2.05, 4.69) is 15.4 Å². The Balaban J connectivity index is 1.36. The first-order valence-corrected chi connectivity index (χ1v) is 11.4. The topological polar surface area (TPSA) is 83.4 Å². The summed E-state index contributed by atoms with van der Waals surface area (Å²) in [5, 5.41) is 7.51. The molecule has 1 saturated heterocycles. The van der Waals surface area contributed by atoms with Crippen LogP contribution in [0.4, 0.5) is 18.9 Å². The smallest absolute Gasteiger partial charge is 0.336 e. The molecule has 0 radical (unpaired) electrons. The zero-order valence-corrected chi connectivity index (χ0v) is 19.8. The third kappa shape index (κ3) is 5.29. The number of halogens is 3. The van der Waals surface area contributed by atoms with E-state index in [1.54, 1.807) is 18.0 Å². The van der Waals surface area contributed by atoms with Gasteiger partial charge in [-0.1, -0.05) is 12.1 Å². The number of piperazine rings is 1. The molecular weight excluding hydrogens is 461 g/mol. The second-order valence-electron chi connectivity index (χ2n) is 8.88. The van der Waals surface area contributed by atoms with E-state index in [1.165, 1.54) is 18.2 Å². The number of para-hydroxylation sites is 1. The van der Waals surface area contributed by atoms with Crippen LogP contribution in [0.25, 0.3) is 11.0 Å². The second-order valence-corrected chi connectivity index (χ2v) is 8.88. The first-order chi connectivity index (χ1) is 16.5. The number of nitrogens with zero attached hydrogens (tertiary/aromatic N) is 5. The van der Waals surface area contributed by atoms with Crippen molar-refractivity contribution < 1.29 is 22.8 Å². The summed E-state index contributed by atoms with van der Waals surface area (Å²) in [6.45, 7) is 7.41. The van der Waals surface area contributed by atoms with Crippen molar-refractivity contribution >= 4 is 28.5 Å². The number of alkyl halides is 3. The maximum Gasteiger partial charge on any atom is 0.418 e. The monoisotopic (exact) mass is 488 g/mol. The van der Waals surface area contributed by atoms with Gasteiger partial charge in [0.1, 0.15) is 0 Å². The molecule has 1 aromatic carbocycles. The number of pyridine rings is 1. The van der Waals surface area contributed by atoms with E-state index in [0.717, 1.165) is 17.1 Å². The molecule has 186 valence electrons. The highest BCUT2D eigenvalue weighted by molar-refractivity contribution is 5.98. The van der Waals surface area contributed by atoms with Crippen LogP contribution in [-0.4, -0.2) is 69.1 Å². The zero-order chi connectivity index (χ0) is 25.3. The van der Waals surface area contributed by atoms with Crippen molar-refractivity contribution in [2.75, 3.05) is 38.0 Å². The van der Waals surface area contributed by atoms with Crippen LogP contribution in [0.5, 0.6) is 0 Å². The Morgan fingerprint density at radius 3 is 2.46 bits per heavy atom. The van der Waals surface area contributed by atoms with E-state index in [1.807, 2.05) is 29.5 Å². The van der Waals surface area contributed by atoms with Crippen LogP contribution in [0.1, 0.15) is 41.5 Å². The molecule has 1 aliphatic heterocycles. The molecule has 11 heteroatoms. The first kappa shape index (κ1) is 24.6. The molecule has 0 unspecified atom stereocenters. The van der Waals surface area contributed by atoms with Crippen molar-refractivity contribution in [2.45, 2.75) is 33.0 Å². The van der Waals surface area contributed by atoms with Crippen LogP contribution in [0, 0.1) is 6.92 Å². The number of fused-ring (bicyclic) bond motifs is 1. The van der Waals surface area contributed by atoms with Crippen LogP contribution < -0.4 is 5.32 Å². The van der Waals surface area contributed by atoms with Gasteiger partial charge < -0.3 is 10.2 Å². The summed E-state index contributed by atoms with van der Waals surface area (Å²) in [6, 6.07) is 6.84. The number of carbonyl (C=O) groups is 2. The fraction of sp³-hybridized carbons (Fsp3) is 0.417. The predicted octanol–water partition coefficient (Wildman–Crippen LogP) is 3.74. The molecule has 35 heavy (non-hydrogen) atoms. The fourth-order valence-electron chi connectivity index (χ4n) is 4.17. The van der Waals surface area contributed by atoms with E-state index < -0.39 is 17.6 Å². The summed E-state index contributed by atoms with van der Waals surface area (Å²) in [6.07, 6.45) is -2.86. The highest BCUT2D eigenvalue weighted by Gasteiger charge is 2.34. The maximum atomic E-state index is 13.2. The lowest BCUT2D eigenvalue weighted by molar-refractivity contribution is -0.137. The van der Waals surface area contributed by atoms with E-state index in [4.69, 9.17) is 0 Å². The summed E-state index contributed by atoms with van der Waals surface area (Å²) in [5.74, 6) is -0.674. The summed E-state index contributed by atoms with van der Waals surface area (Å²) in [7, 11) is 0. The van der Waals surface area contributed by atoms with Crippen molar-refractivity contribution in [1.29, 1.82) is 0 Å². The highest BCUT2D eigenvalue weighted by Crippen LogP contribution is 2.34. The number of aromatic nitrogens is 3. The van der Waals surface area contributed by atoms with Gasteiger partial charge in [-0.05, 0) is 39.0 Å². The van der Waals surface area contributed by atoms with Crippen LogP contribution in [0.15, 0.2) is 36.5 Å². The average Bonchev–Trinajstić information content (AvgIpc) is 3.21. The fourth-order valence-corrected chi connectivity index (χ4v) is 4.17. The van der Waals surface area contributed by atoms with E-state index in [-0.39, 0.29) is 24.2 Å². The Morgan fingerprint density at radius 1 is 1.11 bits per heavy atom. The van der Waals surface area contributed by atoms with Crippen LogP contribution in [0.3, 0.4) is 0 Å². The molecule has 1 fully saturated rings. The average molecular weight is 489 g/mol. The molecule has 4 rings (SSSR count). The number of hydrogen-bond donors (Lipinski definition) is 1. The van der Waals surface area contributed by atoms with E-state index in [9.17, 15) is 22.8 Å². The molecule has 0 spiro atoms. The predicted molar refractivity (Wildman–Crippen MR) is 125 cm³/mol. The number of benzene rings is 1. The normalized spacial score (nSPS) is 15.1. The minimum Gasteiger partial charge on any atom is -0.336 e. The number of rotatable bonds is 5. The minimum atomic E-state index is -4.56. The van der Waals surface area contributed by atoms with Gasteiger partial charge in [-0.15, -0.1) is 0 Å². The van der Waals surface area contributed by atoms with Crippen LogP contribution in [0.2, 0.25) is 0 Å². The van der Waals surface area contributed by atoms with Crippen molar-refractivity contribution in [3.05, 3.63) is 53.3 Å². The standard InChI is InChI=1S/C24H27F3N6O2/c1-15(2)33-22-17(13-28-33)12-18(16(3)29-22)23(35)32-10-8-31(9-11-32)14-21(34)30-20-7-5-4-6-19(20)24(25,26)27/h4-7,12-13,15H,8-11,14H2,1-3H3,(H,30,34).